The van der Waals surface area contributed by atoms with Crippen LogP contribution in [-0.4, -0.2) is 13.1 Å². The minimum atomic E-state index is 1.06. The van der Waals surface area contributed by atoms with Crippen LogP contribution in [0.25, 0.3) is 0 Å². The number of unbranched alkanes of at least 4 members (excludes halogenated alkanes) is 1. The lowest BCUT2D eigenvalue weighted by atomic mass is 10.2. The maximum absolute atomic E-state index is 3.42. The SMILES string of the molecule is CCCCNCCC1=C=CC=CC=C1. The van der Waals surface area contributed by atoms with Crippen molar-refractivity contribution in [1.29, 1.82) is 0 Å². The van der Waals surface area contributed by atoms with Crippen LogP contribution in [0, 0.1) is 0 Å². The Kier molecular flexibility index (Phi) is 5.81. The first-order valence-corrected chi connectivity index (χ1v) is 5.43. The Bertz CT molecular complexity index is 265. The normalized spacial score (nSPS) is 14.2. The first-order valence-electron chi connectivity index (χ1n) is 5.43. The van der Waals surface area contributed by atoms with E-state index < -0.39 is 0 Å². The van der Waals surface area contributed by atoms with Crippen LogP contribution >= 0.6 is 0 Å². The average Bonchev–Trinajstić information content (AvgIpc) is 2.46. The van der Waals surface area contributed by atoms with Crippen LogP contribution in [-0.2, 0) is 0 Å². The Morgan fingerprint density at radius 1 is 1.21 bits per heavy atom. The summed E-state index contributed by atoms with van der Waals surface area (Å²) >= 11 is 0. The molecule has 1 N–H and O–H groups in total. The van der Waals surface area contributed by atoms with Gasteiger partial charge in [-0.1, -0.05) is 37.6 Å². The lowest BCUT2D eigenvalue weighted by molar-refractivity contribution is 0.641. The molecule has 0 aromatic carbocycles. The smallest absolute Gasteiger partial charge is 0.000228 e. The highest BCUT2D eigenvalue weighted by Crippen LogP contribution is 2.03. The second kappa shape index (κ2) is 7.37. The van der Waals surface area contributed by atoms with Gasteiger partial charge in [0.2, 0.25) is 0 Å². The summed E-state index contributed by atoms with van der Waals surface area (Å²) in [7, 11) is 0. The molecule has 0 spiro atoms. The number of hydrogen-bond donors (Lipinski definition) is 1. The van der Waals surface area contributed by atoms with E-state index in [2.05, 4.69) is 30.1 Å². The highest BCUT2D eigenvalue weighted by Gasteiger charge is 1.92. The van der Waals surface area contributed by atoms with E-state index >= 15 is 0 Å². The summed E-state index contributed by atoms with van der Waals surface area (Å²) in [5.74, 6) is 0. The van der Waals surface area contributed by atoms with Crippen molar-refractivity contribution < 1.29 is 0 Å². The van der Waals surface area contributed by atoms with Crippen LogP contribution in [0.2, 0.25) is 0 Å². The topological polar surface area (TPSA) is 12.0 Å². The highest BCUT2D eigenvalue weighted by atomic mass is 14.8. The van der Waals surface area contributed by atoms with E-state index in [0.717, 1.165) is 19.5 Å². The van der Waals surface area contributed by atoms with Gasteiger partial charge in [-0.25, -0.2) is 0 Å². The van der Waals surface area contributed by atoms with Gasteiger partial charge >= 0.3 is 0 Å². The molecule has 0 heterocycles. The molecule has 1 rings (SSSR count). The molecule has 0 bridgehead atoms. The fourth-order valence-corrected chi connectivity index (χ4v) is 1.30. The van der Waals surface area contributed by atoms with Crippen molar-refractivity contribution in [3.8, 4) is 0 Å². The zero-order chi connectivity index (χ0) is 10.1. The molecule has 14 heavy (non-hydrogen) atoms. The molecule has 1 aliphatic rings. The Morgan fingerprint density at radius 3 is 3.00 bits per heavy atom. The summed E-state index contributed by atoms with van der Waals surface area (Å²) in [6, 6.07) is 0. The van der Waals surface area contributed by atoms with Crippen molar-refractivity contribution in [3.05, 3.63) is 41.7 Å². The molecule has 1 nitrogen and oxygen atoms in total. The van der Waals surface area contributed by atoms with E-state index in [9.17, 15) is 0 Å². The van der Waals surface area contributed by atoms with Gasteiger partial charge in [0.05, 0.1) is 0 Å². The fourth-order valence-electron chi connectivity index (χ4n) is 1.30. The number of rotatable bonds is 6. The van der Waals surface area contributed by atoms with Crippen LogP contribution < -0.4 is 5.32 Å². The molecule has 1 heteroatoms. The van der Waals surface area contributed by atoms with E-state index in [0.29, 0.717) is 0 Å². The molecule has 0 aromatic rings. The van der Waals surface area contributed by atoms with Crippen LogP contribution in [0.15, 0.2) is 41.7 Å². The molecule has 0 aromatic heterocycles. The molecule has 0 saturated carbocycles. The Balaban J connectivity index is 2.15. The quantitative estimate of drug-likeness (QED) is 0.500. The zero-order valence-corrected chi connectivity index (χ0v) is 8.92. The largest absolute Gasteiger partial charge is 0.316 e. The predicted molar refractivity (Wildman–Crippen MR) is 62.3 cm³/mol. The third kappa shape index (κ3) is 4.86. The van der Waals surface area contributed by atoms with Gasteiger partial charge in [-0.05, 0) is 37.6 Å². The molecule has 0 aliphatic heterocycles. The standard InChI is InChI=1S/C13H19N/c1-2-3-11-14-12-10-13-8-6-4-5-7-9-13/h4-8,14H,2-3,10-12H2,1H3. The Labute approximate surface area is 86.9 Å². The summed E-state index contributed by atoms with van der Waals surface area (Å²) < 4.78 is 0. The molecule has 0 amide bonds. The molecule has 0 atom stereocenters. The van der Waals surface area contributed by atoms with Crippen LogP contribution in [0.1, 0.15) is 26.2 Å². The number of allylic oxidation sites excluding steroid dienone is 4. The van der Waals surface area contributed by atoms with E-state index in [4.69, 9.17) is 0 Å². The molecular weight excluding hydrogens is 170 g/mol. The lowest BCUT2D eigenvalue weighted by Gasteiger charge is -2.02. The summed E-state index contributed by atoms with van der Waals surface area (Å²) in [5, 5.41) is 3.42. The summed E-state index contributed by atoms with van der Waals surface area (Å²) in [5.41, 5.74) is 4.53. The lowest BCUT2D eigenvalue weighted by Crippen LogP contribution is -2.16. The van der Waals surface area contributed by atoms with Gasteiger partial charge in [-0.3, -0.25) is 0 Å². The van der Waals surface area contributed by atoms with Gasteiger partial charge in [0.25, 0.3) is 0 Å². The van der Waals surface area contributed by atoms with Crippen molar-refractivity contribution in [2.75, 3.05) is 13.1 Å². The molecule has 0 fully saturated rings. The van der Waals surface area contributed by atoms with E-state index in [1.165, 1.54) is 18.4 Å². The Hall–Kier alpha value is -1.04. The van der Waals surface area contributed by atoms with Crippen LogP contribution in [0.3, 0.4) is 0 Å². The third-order valence-corrected chi connectivity index (χ3v) is 2.16. The number of nitrogens with one attached hydrogen (secondary N) is 1. The maximum atomic E-state index is 3.42. The van der Waals surface area contributed by atoms with Crippen molar-refractivity contribution in [2.45, 2.75) is 26.2 Å². The zero-order valence-electron chi connectivity index (χ0n) is 8.92. The van der Waals surface area contributed by atoms with E-state index in [1.807, 2.05) is 18.2 Å². The third-order valence-electron chi connectivity index (χ3n) is 2.16. The van der Waals surface area contributed by atoms with Gasteiger partial charge in [0.1, 0.15) is 0 Å². The summed E-state index contributed by atoms with van der Waals surface area (Å²) in [6.45, 7) is 4.41. The van der Waals surface area contributed by atoms with E-state index in [-0.39, 0.29) is 0 Å². The molecule has 0 unspecified atom stereocenters. The summed E-state index contributed by atoms with van der Waals surface area (Å²) in [4.78, 5) is 0. The van der Waals surface area contributed by atoms with Gasteiger partial charge in [-0.15, -0.1) is 5.73 Å². The first kappa shape index (κ1) is 11.0. The van der Waals surface area contributed by atoms with E-state index in [1.54, 1.807) is 0 Å². The minimum Gasteiger partial charge on any atom is -0.316 e. The molecule has 0 radical (unpaired) electrons. The van der Waals surface area contributed by atoms with Gasteiger partial charge < -0.3 is 5.32 Å². The van der Waals surface area contributed by atoms with Crippen molar-refractivity contribution >= 4 is 0 Å². The van der Waals surface area contributed by atoms with Crippen molar-refractivity contribution in [3.63, 3.8) is 0 Å². The minimum absolute atomic E-state index is 1.06. The van der Waals surface area contributed by atoms with Crippen molar-refractivity contribution in [1.82, 2.24) is 5.32 Å². The number of hydrogen-bond acceptors (Lipinski definition) is 1. The molecular formula is C13H19N. The van der Waals surface area contributed by atoms with Crippen LogP contribution in [0.4, 0.5) is 0 Å². The monoisotopic (exact) mass is 189 g/mol. The van der Waals surface area contributed by atoms with Crippen LogP contribution in [0.5, 0.6) is 0 Å². The highest BCUT2D eigenvalue weighted by molar-refractivity contribution is 5.27. The maximum Gasteiger partial charge on any atom is -0.000228 e. The first-order chi connectivity index (χ1) is 6.93. The van der Waals surface area contributed by atoms with Gasteiger partial charge in [-0.2, -0.15) is 0 Å². The Morgan fingerprint density at radius 2 is 2.14 bits per heavy atom. The second-order valence-corrected chi connectivity index (χ2v) is 3.43. The van der Waals surface area contributed by atoms with Gasteiger partial charge in [0.15, 0.2) is 0 Å². The molecule has 76 valence electrons. The average molecular weight is 189 g/mol. The molecule has 0 saturated heterocycles. The second-order valence-electron chi connectivity index (χ2n) is 3.43. The van der Waals surface area contributed by atoms with Gasteiger partial charge in [0, 0.05) is 0 Å². The molecule has 1 aliphatic carbocycles. The van der Waals surface area contributed by atoms with Crippen molar-refractivity contribution in [2.24, 2.45) is 0 Å². The fraction of sp³-hybridized carbons (Fsp3) is 0.462. The predicted octanol–water partition coefficient (Wildman–Crippen LogP) is 2.97. The summed E-state index contributed by atoms with van der Waals surface area (Å²) in [6.07, 6.45) is 13.8.